The molecule has 2 fully saturated rings. The molecular formula is C19H31IN4O4S. The van der Waals surface area contributed by atoms with E-state index >= 15 is 0 Å². The number of guanidine groups is 1. The molecule has 1 aromatic rings. The normalized spacial score (nSPS) is 22.0. The van der Waals surface area contributed by atoms with Crippen LogP contribution in [0.2, 0.25) is 0 Å². The number of hydrogen-bond donors (Lipinski definition) is 2. The number of halogens is 1. The Morgan fingerprint density at radius 1 is 1.31 bits per heavy atom. The van der Waals surface area contributed by atoms with E-state index in [0.717, 1.165) is 44.2 Å². The Bertz CT molecular complexity index is 769. The summed E-state index contributed by atoms with van der Waals surface area (Å²) >= 11 is 0. The minimum absolute atomic E-state index is 0. The van der Waals surface area contributed by atoms with Gasteiger partial charge < -0.3 is 20.1 Å². The molecule has 0 bridgehead atoms. The minimum atomic E-state index is -2.92. The van der Waals surface area contributed by atoms with Crippen molar-refractivity contribution in [3.63, 3.8) is 0 Å². The van der Waals surface area contributed by atoms with Crippen molar-refractivity contribution >= 4 is 39.8 Å². The first-order valence-electron chi connectivity index (χ1n) is 9.74. The van der Waals surface area contributed by atoms with Gasteiger partial charge in [-0.25, -0.2) is 8.42 Å². The number of ether oxygens (including phenoxy) is 2. The molecule has 3 rings (SSSR count). The Morgan fingerprint density at radius 3 is 2.76 bits per heavy atom. The number of aliphatic imine (C=N–C) groups is 1. The smallest absolute Gasteiger partial charge is 0.191 e. The highest BCUT2D eigenvalue weighted by atomic mass is 127. The van der Waals surface area contributed by atoms with Crippen molar-refractivity contribution in [1.29, 1.82) is 0 Å². The Balaban J connectivity index is 0.00000300. The summed E-state index contributed by atoms with van der Waals surface area (Å²) in [5.41, 5.74) is 1.03. The standard InChI is InChI=1S/C19H30N4O4S.HI/c1-20-19(22-17-6-13-28(24,25)15-17)21-14-16-4-2-3-5-18(16)27-12-9-23-7-10-26-11-8-23;/h2-5,17H,6-15H2,1H3,(H2,20,21,22);1H. The summed E-state index contributed by atoms with van der Waals surface area (Å²) in [7, 11) is -1.24. The highest BCUT2D eigenvalue weighted by Crippen LogP contribution is 2.18. The SMILES string of the molecule is CN=C(NCc1ccccc1OCCN1CCOCC1)NC1CCS(=O)(=O)C1.I. The zero-order valence-corrected chi connectivity index (χ0v) is 19.9. The monoisotopic (exact) mass is 538 g/mol. The van der Waals surface area contributed by atoms with Crippen LogP contribution in [0, 0.1) is 0 Å². The van der Waals surface area contributed by atoms with Crippen molar-refractivity contribution in [2.75, 3.05) is 58.0 Å². The molecule has 0 spiro atoms. The van der Waals surface area contributed by atoms with Crippen LogP contribution in [-0.4, -0.2) is 83.3 Å². The number of nitrogens with zero attached hydrogens (tertiary/aromatic N) is 2. The molecule has 2 heterocycles. The van der Waals surface area contributed by atoms with Gasteiger partial charge in [-0.2, -0.15) is 0 Å². The third kappa shape index (κ3) is 7.91. The molecule has 0 aromatic heterocycles. The van der Waals surface area contributed by atoms with Crippen LogP contribution in [-0.2, 0) is 21.1 Å². The summed E-state index contributed by atoms with van der Waals surface area (Å²) in [4.78, 5) is 6.55. The molecule has 2 N–H and O–H groups in total. The predicted octanol–water partition coefficient (Wildman–Crippen LogP) is 0.868. The molecule has 8 nitrogen and oxygen atoms in total. The van der Waals surface area contributed by atoms with Crippen molar-refractivity contribution in [2.45, 2.75) is 19.0 Å². The maximum absolute atomic E-state index is 11.6. The Hall–Kier alpha value is -1.11. The number of morpholine rings is 1. The van der Waals surface area contributed by atoms with Crippen LogP contribution >= 0.6 is 24.0 Å². The van der Waals surface area contributed by atoms with Gasteiger partial charge >= 0.3 is 0 Å². The maximum Gasteiger partial charge on any atom is 0.191 e. The third-order valence-electron chi connectivity index (χ3n) is 4.98. The first kappa shape index (κ1) is 24.2. The highest BCUT2D eigenvalue weighted by molar-refractivity contribution is 14.0. The van der Waals surface area contributed by atoms with Crippen LogP contribution in [0.3, 0.4) is 0 Å². The lowest BCUT2D eigenvalue weighted by molar-refractivity contribution is 0.0322. The van der Waals surface area contributed by atoms with Gasteiger partial charge in [0, 0.05) is 44.8 Å². The molecule has 0 radical (unpaired) electrons. The maximum atomic E-state index is 11.6. The van der Waals surface area contributed by atoms with Gasteiger partial charge in [0.1, 0.15) is 12.4 Å². The number of hydrogen-bond acceptors (Lipinski definition) is 6. The van der Waals surface area contributed by atoms with Gasteiger partial charge in [-0.15, -0.1) is 24.0 Å². The van der Waals surface area contributed by atoms with E-state index in [1.54, 1.807) is 7.05 Å². The third-order valence-corrected chi connectivity index (χ3v) is 6.75. The molecule has 1 aromatic carbocycles. The van der Waals surface area contributed by atoms with Gasteiger partial charge in [0.15, 0.2) is 15.8 Å². The van der Waals surface area contributed by atoms with E-state index < -0.39 is 9.84 Å². The van der Waals surface area contributed by atoms with E-state index in [1.807, 2.05) is 24.3 Å². The van der Waals surface area contributed by atoms with Gasteiger partial charge in [-0.05, 0) is 12.5 Å². The number of rotatable bonds is 7. The molecule has 0 saturated carbocycles. The van der Waals surface area contributed by atoms with Crippen molar-refractivity contribution in [3.8, 4) is 5.75 Å². The predicted molar refractivity (Wildman–Crippen MR) is 125 cm³/mol. The quantitative estimate of drug-likeness (QED) is 0.303. The molecule has 2 aliphatic heterocycles. The molecule has 0 aliphatic carbocycles. The van der Waals surface area contributed by atoms with Crippen molar-refractivity contribution in [1.82, 2.24) is 15.5 Å². The second-order valence-corrected chi connectivity index (χ2v) is 9.31. The summed E-state index contributed by atoms with van der Waals surface area (Å²) in [6, 6.07) is 7.84. The zero-order chi connectivity index (χ0) is 19.8. The van der Waals surface area contributed by atoms with Crippen LogP contribution in [0.1, 0.15) is 12.0 Å². The summed E-state index contributed by atoms with van der Waals surface area (Å²) in [6.07, 6.45) is 0.615. The van der Waals surface area contributed by atoms with Crippen LogP contribution in [0.25, 0.3) is 0 Å². The largest absolute Gasteiger partial charge is 0.492 e. The second kappa shape index (κ2) is 11.9. The summed E-state index contributed by atoms with van der Waals surface area (Å²) in [5.74, 6) is 1.85. The van der Waals surface area contributed by atoms with Gasteiger partial charge in [-0.1, -0.05) is 18.2 Å². The molecule has 2 saturated heterocycles. The highest BCUT2D eigenvalue weighted by Gasteiger charge is 2.28. The van der Waals surface area contributed by atoms with Gasteiger partial charge in [-0.3, -0.25) is 9.89 Å². The van der Waals surface area contributed by atoms with Gasteiger partial charge in [0.2, 0.25) is 0 Å². The first-order chi connectivity index (χ1) is 13.6. The lowest BCUT2D eigenvalue weighted by atomic mass is 10.2. The lowest BCUT2D eigenvalue weighted by Crippen LogP contribution is -2.43. The fourth-order valence-corrected chi connectivity index (χ4v) is 5.05. The fourth-order valence-electron chi connectivity index (χ4n) is 3.38. The van der Waals surface area contributed by atoms with Crippen molar-refractivity contribution < 1.29 is 17.9 Å². The fraction of sp³-hybridized carbons (Fsp3) is 0.632. The van der Waals surface area contributed by atoms with E-state index in [9.17, 15) is 8.42 Å². The Labute approximate surface area is 190 Å². The van der Waals surface area contributed by atoms with E-state index in [2.05, 4.69) is 20.5 Å². The lowest BCUT2D eigenvalue weighted by Gasteiger charge is -2.26. The zero-order valence-electron chi connectivity index (χ0n) is 16.8. The van der Waals surface area contributed by atoms with Crippen molar-refractivity contribution in [2.24, 2.45) is 4.99 Å². The van der Waals surface area contributed by atoms with Crippen LogP contribution < -0.4 is 15.4 Å². The summed E-state index contributed by atoms with van der Waals surface area (Å²) in [6.45, 7) is 5.53. The van der Waals surface area contributed by atoms with Crippen LogP contribution in [0.5, 0.6) is 5.75 Å². The average molecular weight is 538 g/mol. The Morgan fingerprint density at radius 2 is 2.07 bits per heavy atom. The van der Waals surface area contributed by atoms with Gasteiger partial charge in [0.25, 0.3) is 0 Å². The number of sulfone groups is 1. The number of para-hydroxylation sites is 1. The molecule has 29 heavy (non-hydrogen) atoms. The molecular weight excluding hydrogens is 507 g/mol. The second-order valence-electron chi connectivity index (χ2n) is 7.08. The first-order valence-corrected chi connectivity index (χ1v) is 11.6. The molecule has 0 amide bonds. The summed E-state index contributed by atoms with van der Waals surface area (Å²) < 4.78 is 34.6. The summed E-state index contributed by atoms with van der Waals surface area (Å²) in [5, 5.41) is 6.45. The van der Waals surface area contributed by atoms with E-state index in [-0.39, 0.29) is 41.5 Å². The van der Waals surface area contributed by atoms with Crippen LogP contribution in [0.15, 0.2) is 29.3 Å². The molecule has 10 heteroatoms. The minimum Gasteiger partial charge on any atom is -0.492 e. The van der Waals surface area contributed by atoms with E-state index in [4.69, 9.17) is 9.47 Å². The number of nitrogens with one attached hydrogen (secondary N) is 2. The topological polar surface area (TPSA) is 92.3 Å². The molecule has 1 unspecified atom stereocenters. The Kier molecular flexibility index (Phi) is 9.93. The van der Waals surface area contributed by atoms with Crippen LogP contribution in [0.4, 0.5) is 0 Å². The number of benzene rings is 1. The molecule has 2 aliphatic rings. The van der Waals surface area contributed by atoms with E-state index in [0.29, 0.717) is 25.5 Å². The molecule has 1 atom stereocenters. The van der Waals surface area contributed by atoms with Gasteiger partial charge in [0.05, 0.1) is 24.7 Å². The molecule has 164 valence electrons. The van der Waals surface area contributed by atoms with E-state index in [1.165, 1.54) is 0 Å². The average Bonchev–Trinajstić information content (AvgIpc) is 3.05. The van der Waals surface area contributed by atoms with Crippen molar-refractivity contribution in [3.05, 3.63) is 29.8 Å².